The molecule has 0 fully saturated rings. The molecule has 0 saturated heterocycles. The van der Waals surface area contributed by atoms with Crippen molar-refractivity contribution >= 4 is 45.2 Å². The van der Waals surface area contributed by atoms with Gasteiger partial charge < -0.3 is 5.32 Å². The summed E-state index contributed by atoms with van der Waals surface area (Å²) in [4.78, 5) is 23.5. The highest BCUT2D eigenvalue weighted by molar-refractivity contribution is 9.10. The van der Waals surface area contributed by atoms with Crippen molar-refractivity contribution in [1.29, 1.82) is 0 Å². The van der Waals surface area contributed by atoms with Crippen LogP contribution in [0.1, 0.15) is 12.5 Å². The van der Waals surface area contributed by atoms with Crippen LogP contribution in [0.4, 0.5) is 5.69 Å². The Balaban J connectivity index is 1.87. The van der Waals surface area contributed by atoms with Gasteiger partial charge in [0.2, 0.25) is 0 Å². The zero-order chi connectivity index (χ0) is 17.4. The standard InChI is InChI=1S/C18H16BrN3O2/c1-13(7-8-14-5-3-2-4-6-14)21-22-18(24)17(23)20-16-11-9-15(19)10-12-16/h2-12H,1H3,(H,20,23)(H,22,24). The van der Waals surface area contributed by atoms with Gasteiger partial charge in [0.25, 0.3) is 0 Å². The summed E-state index contributed by atoms with van der Waals surface area (Å²) < 4.78 is 0.885. The van der Waals surface area contributed by atoms with E-state index in [1.165, 1.54) is 0 Å². The molecule has 2 amide bonds. The second kappa shape index (κ2) is 8.79. The number of nitrogens with zero attached hydrogens (tertiary/aromatic N) is 1. The number of allylic oxidation sites excluding steroid dienone is 1. The fourth-order valence-electron chi connectivity index (χ4n) is 1.73. The van der Waals surface area contributed by atoms with Gasteiger partial charge in [-0.25, -0.2) is 5.43 Å². The molecule has 0 heterocycles. The molecular weight excluding hydrogens is 370 g/mol. The summed E-state index contributed by atoms with van der Waals surface area (Å²) in [5, 5.41) is 6.37. The van der Waals surface area contributed by atoms with E-state index in [0.717, 1.165) is 10.0 Å². The summed E-state index contributed by atoms with van der Waals surface area (Å²) in [6, 6.07) is 16.6. The lowest BCUT2D eigenvalue weighted by Crippen LogP contribution is -2.32. The van der Waals surface area contributed by atoms with E-state index >= 15 is 0 Å². The maximum atomic E-state index is 11.8. The summed E-state index contributed by atoms with van der Waals surface area (Å²) in [7, 11) is 0. The van der Waals surface area contributed by atoms with Gasteiger partial charge in [0.1, 0.15) is 0 Å². The minimum atomic E-state index is -0.828. The Morgan fingerprint density at radius 3 is 2.33 bits per heavy atom. The van der Waals surface area contributed by atoms with Crippen molar-refractivity contribution in [3.05, 3.63) is 70.7 Å². The highest BCUT2D eigenvalue weighted by Crippen LogP contribution is 2.13. The summed E-state index contributed by atoms with van der Waals surface area (Å²) in [6.07, 6.45) is 3.62. The molecule has 2 aromatic rings. The van der Waals surface area contributed by atoms with Crippen molar-refractivity contribution in [3.8, 4) is 0 Å². The topological polar surface area (TPSA) is 70.6 Å². The number of hydrogen-bond donors (Lipinski definition) is 2. The maximum Gasteiger partial charge on any atom is 0.329 e. The number of rotatable bonds is 4. The normalized spacial score (nSPS) is 11.3. The Kier molecular flexibility index (Phi) is 6.45. The smallest absolute Gasteiger partial charge is 0.318 e. The largest absolute Gasteiger partial charge is 0.329 e. The number of hydrogen-bond acceptors (Lipinski definition) is 3. The first-order chi connectivity index (χ1) is 11.5. The molecule has 0 saturated carbocycles. The molecule has 0 spiro atoms. The van der Waals surface area contributed by atoms with Crippen molar-refractivity contribution in [1.82, 2.24) is 5.43 Å². The first kappa shape index (κ1) is 17.6. The van der Waals surface area contributed by atoms with Gasteiger partial charge in [-0.05, 0) is 42.8 Å². The quantitative estimate of drug-likeness (QED) is 0.479. The maximum absolute atomic E-state index is 11.8. The van der Waals surface area contributed by atoms with Crippen molar-refractivity contribution in [3.63, 3.8) is 0 Å². The van der Waals surface area contributed by atoms with E-state index in [9.17, 15) is 9.59 Å². The summed E-state index contributed by atoms with van der Waals surface area (Å²) >= 11 is 3.30. The zero-order valence-corrected chi connectivity index (χ0v) is 14.6. The number of anilines is 1. The molecule has 0 atom stereocenters. The molecule has 0 aliphatic rings. The lowest BCUT2D eigenvalue weighted by atomic mass is 10.2. The van der Waals surface area contributed by atoms with E-state index in [-0.39, 0.29) is 0 Å². The molecule has 24 heavy (non-hydrogen) atoms. The third kappa shape index (κ3) is 5.81. The Hall–Kier alpha value is -2.73. The second-order valence-corrected chi connectivity index (χ2v) is 5.81. The van der Waals surface area contributed by atoms with Gasteiger partial charge >= 0.3 is 11.8 Å². The lowest BCUT2D eigenvalue weighted by molar-refractivity contribution is -0.136. The molecule has 6 heteroatoms. The average Bonchev–Trinajstić information content (AvgIpc) is 2.60. The van der Waals surface area contributed by atoms with Crippen LogP contribution in [-0.4, -0.2) is 17.5 Å². The molecule has 2 N–H and O–H groups in total. The number of benzene rings is 2. The number of carbonyl (C=O) groups excluding carboxylic acids is 2. The van der Waals surface area contributed by atoms with E-state index in [2.05, 4.69) is 31.8 Å². The molecule has 0 aliphatic heterocycles. The number of carbonyl (C=O) groups is 2. The average molecular weight is 386 g/mol. The molecule has 0 unspecified atom stereocenters. The van der Waals surface area contributed by atoms with E-state index in [4.69, 9.17) is 0 Å². The predicted molar refractivity (Wildman–Crippen MR) is 99.5 cm³/mol. The lowest BCUT2D eigenvalue weighted by Gasteiger charge is -2.04. The van der Waals surface area contributed by atoms with Crippen molar-refractivity contribution < 1.29 is 9.59 Å². The SMILES string of the molecule is CC(C=Cc1ccccc1)=NNC(=O)C(=O)Nc1ccc(Br)cc1. The fraction of sp³-hybridized carbons (Fsp3) is 0.0556. The van der Waals surface area contributed by atoms with Crippen LogP contribution < -0.4 is 10.7 Å². The highest BCUT2D eigenvalue weighted by atomic mass is 79.9. The first-order valence-corrected chi connectivity index (χ1v) is 7.98. The highest BCUT2D eigenvalue weighted by Gasteiger charge is 2.12. The van der Waals surface area contributed by atoms with Gasteiger partial charge in [-0.3, -0.25) is 9.59 Å². The summed E-state index contributed by atoms with van der Waals surface area (Å²) in [6.45, 7) is 1.73. The van der Waals surface area contributed by atoms with Crippen molar-refractivity contribution in [2.45, 2.75) is 6.92 Å². The first-order valence-electron chi connectivity index (χ1n) is 7.19. The number of nitrogens with one attached hydrogen (secondary N) is 2. The molecule has 0 aromatic heterocycles. The van der Waals surface area contributed by atoms with Gasteiger partial charge in [0.15, 0.2) is 0 Å². The van der Waals surface area contributed by atoms with Crippen molar-refractivity contribution in [2.75, 3.05) is 5.32 Å². The van der Waals surface area contributed by atoms with Gasteiger partial charge in [-0.2, -0.15) is 5.10 Å². The molecule has 0 bridgehead atoms. The minimum Gasteiger partial charge on any atom is -0.318 e. The molecule has 5 nitrogen and oxygen atoms in total. The summed E-state index contributed by atoms with van der Waals surface area (Å²) in [5.74, 6) is -1.61. The Morgan fingerprint density at radius 2 is 1.67 bits per heavy atom. The van der Waals surface area contributed by atoms with Gasteiger partial charge in [0.05, 0.1) is 5.71 Å². The van der Waals surface area contributed by atoms with Crippen molar-refractivity contribution in [2.24, 2.45) is 5.10 Å². The van der Waals surface area contributed by atoms with E-state index in [1.54, 1.807) is 37.3 Å². The Labute approximate surface area is 148 Å². The third-order valence-corrected chi connectivity index (χ3v) is 3.49. The molecule has 2 aromatic carbocycles. The van der Waals surface area contributed by atoms with Crippen LogP contribution in [-0.2, 0) is 9.59 Å². The Morgan fingerprint density at radius 1 is 1.00 bits per heavy atom. The van der Waals surface area contributed by atoms with Crippen LogP contribution >= 0.6 is 15.9 Å². The number of hydrazone groups is 1. The molecule has 0 aliphatic carbocycles. The number of halogens is 1. The monoisotopic (exact) mass is 385 g/mol. The van der Waals surface area contributed by atoms with Gasteiger partial charge in [-0.1, -0.05) is 52.3 Å². The molecular formula is C18H16BrN3O2. The van der Waals surface area contributed by atoms with Crippen LogP contribution in [0.3, 0.4) is 0 Å². The van der Waals surface area contributed by atoms with E-state index in [1.807, 2.05) is 36.4 Å². The Bertz CT molecular complexity index is 769. The van der Waals surface area contributed by atoms with Crippen LogP contribution in [0, 0.1) is 0 Å². The van der Waals surface area contributed by atoms with Crippen LogP contribution in [0.5, 0.6) is 0 Å². The summed E-state index contributed by atoms with van der Waals surface area (Å²) in [5.41, 5.74) is 4.35. The molecule has 122 valence electrons. The van der Waals surface area contributed by atoms with Crippen LogP contribution in [0.2, 0.25) is 0 Å². The minimum absolute atomic E-state index is 0.531. The van der Waals surface area contributed by atoms with Gasteiger partial charge in [-0.15, -0.1) is 0 Å². The predicted octanol–water partition coefficient (Wildman–Crippen LogP) is 3.59. The fourth-order valence-corrected chi connectivity index (χ4v) is 1.99. The molecule has 0 radical (unpaired) electrons. The van der Waals surface area contributed by atoms with Crippen LogP contribution in [0.15, 0.2) is 70.2 Å². The van der Waals surface area contributed by atoms with Gasteiger partial charge in [0, 0.05) is 10.2 Å². The second-order valence-electron chi connectivity index (χ2n) is 4.90. The van der Waals surface area contributed by atoms with E-state index < -0.39 is 11.8 Å². The van der Waals surface area contributed by atoms with Crippen LogP contribution in [0.25, 0.3) is 6.08 Å². The molecule has 2 rings (SSSR count). The third-order valence-electron chi connectivity index (χ3n) is 2.96. The zero-order valence-electron chi connectivity index (χ0n) is 13.0. The van der Waals surface area contributed by atoms with E-state index in [0.29, 0.717) is 11.4 Å². The number of amides is 2.